The Morgan fingerprint density at radius 3 is 3.12 bits per heavy atom. The molecule has 2 rings (SSSR count). The number of fused-ring (bicyclic) bond motifs is 1. The number of methoxy groups -OCH3 is 1. The lowest BCUT2D eigenvalue weighted by Gasteiger charge is -2.01. The zero-order valence-electron chi connectivity index (χ0n) is 8.36. The lowest BCUT2D eigenvalue weighted by molar-refractivity contribution is -0.141. The van der Waals surface area contributed by atoms with Crippen molar-refractivity contribution in [2.45, 2.75) is 6.54 Å². The molecule has 6 nitrogen and oxygen atoms in total. The highest BCUT2D eigenvalue weighted by atomic mass is 127. The summed E-state index contributed by atoms with van der Waals surface area (Å²) in [7, 11) is 1.32. The molecule has 1 N–H and O–H groups in total. The van der Waals surface area contributed by atoms with E-state index in [1.165, 1.54) is 13.4 Å². The van der Waals surface area contributed by atoms with Crippen LogP contribution in [0, 0.1) is 3.57 Å². The minimum absolute atomic E-state index is 0.0481. The van der Waals surface area contributed by atoms with Gasteiger partial charge in [0.1, 0.15) is 12.2 Å². The summed E-state index contributed by atoms with van der Waals surface area (Å²) in [5, 5.41) is 0.493. The molecule has 0 aliphatic heterocycles. The molecule has 0 amide bonds. The Bertz CT molecular complexity index is 602. The van der Waals surface area contributed by atoms with Crippen molar-refractivity contribution in [1.82, 2.24) is 14.5 Å². The van der Waals surface area contributed by atoms with Crippen molar-refractivity contribution < 1.29 is 9.53 Å². The largest absolute Gasteiger partial charge is 0.468 e. The highest BCUT2D eigenvalue weighted by Gasteiger charge is 2.13. The second kappa shape index (κ2) is 4.24. The third-order valence-electron chi connectivity index (χ3n) is 2.14. The molecule has 0 aliphatic rings. The fourth-order valence-corrected chi connectivity index (χ4v) is 2.23. The van der Waals surface area contributed by atoms with Crippen LogP contribution in [0.1, 0.15) is 0 Å². The van der Waals surface area contributed by atoms with E-state index in [1.54, 1.807) is 10.8 Å². The maximum atomic E-state index is 11.5. The molecule has 2 aromatic heterocycles. The molecule has 0 bridgehead atoms. The summed E-state index contributed by atoms with van der Waals surface area (Å²) in [6.07, 6.45) is 3.01. The summed E-state index contributed by atoms with van der Waals surface area (Å²) >= 11 is 2.03. The number of halogens is 1. The number of esters is 1. The monoisotopic (exact) mass is 333 g/mol. The maximum Gasteiger partial charge on any atom is 0.325 e. The second-order valence-corrected chi connectivity index (χ2v) is 4.27. The summed E-state index contributed by atoms with van der Waals surface area (Å²) < 4.78 is 6.92. The predicted molar refractivity (Wildman–Crippen MR) is 65.1 cm³/mol. The van der Waals surface area contributed by atoms with Gasteiger partial charge in [0.2, 0.25) is 0 Å². The molecule has 0 atom stereocenters. The van der Waals surface area contributed by atoms with Crippen molar-refractivity contribution in [3.63, 3.8) is 0 Å². The number of hydrogen-bond acceptors (Lipinski definition) is 4. The smallest absolute Gasteiger partial charge is 0.325 e. The Morgan fingerprint density at radius 1 is 1.69 bits per heavy atom. The van der Waals surface area contributed by atoms with E-state index in [1.807, 2.05) is 22.6 Å². The number of aromatic amines is 1. The van der Waals surface area contributed by atoms with Crippen molar-refractivity contribution in [2.24, 2.45) is 0 Å². The quantitative estimate of drug-likeness (QED) is 0.642. The molecule has 0 aromatic carbocycles. The molecule has 84 valence electrons. The van der Waals surface area contributed by atoms with E-state index in [0.29, 0.717) is 11.0 Å². The van der Waals surface area contributed by atoms with Crippen molar-refractivity contribution in [1.29, 1.82) is 0 Å². The summed E-state index contributed by atoms with van der Waals surface area (Å²) in [5.74, 6) is -0.379. The number of H-pyrrole nitrogens is 1. The molecule has 7 heteroatoms. The van der Waals surface area contributed by atoms with Gasteiger partial charge in [-0.3, -0.25) is 9.59 Å². The van der Waals surface area contributed by atoms with Crippen LogP contribution < -0.4 is 5.56 Å². The molecule has 0 fully saturated rings. The number of aromatic nitrogens is 3. The fourth-order valence-electron chi connectivity index (χ4n) is 1.41. The van der Waals surface area contributed by atoms with Crippen molar-refractivity contribution in [3.05, 3.63) is 26.4 Å². The van der Waals surface area contributed by atoms with Crippen LogP contribution in [0.4, 0.5) is 0 Å². The molecule has 0 saturated heterocycles. The molecule has 2 heterocycles. The van der Waals surface area contributed by atoms with Gasteiger partial charge < -0.3 is 14.3 Å². The zero-order chi connectivity index (χ0) is 11.7. The van der Waals surface area contributed by atoms with Crippen molar-refractivity contribution in [2.75, 3.05) is 7.11 Å². The summed E-state index contributed by atoms with van der Waals surface area (Å²) in [6, 6.07) is 0. The number of nitrogens with zero attached hydrogens (tertiary/aromatic N) is 2. The van der Waals surface area contributed by atoms with Gasteiger partial charge in [-0.2, -0.15) is 0 Å². The highest BCUT2D eigenvalue weighted by Crippen LogP contribution is 2.17. The van der Waals surface area contributed by atoms with Gasteiger partial charge in [0.15, 0.2) is 0 Å². The van der Waals surface area contributed by atoms with Crippen molar-refractivity contribution in [3.8, 4) is 0 Å². The minimum atomic E-state index is -0.379. The molecule has 0 aliphatic carbocycles. The van der Waals surface area contributed by atoms with Crippen LogP contribution in [0.5, 0.6) is 0 Å². The number of carbonyl (C=O) groups is 1. The van der Waals surface area contributed by atoms with Gasteiger partial charge in [0, 0.05) is 9.77 Å². The first-order valence-corrected chi connectivity index (χ1v) is 5.50. The van der Waals surface area contributed by atoms with Gasteiger partial charge in [0.25, 0.3) is 5.56 Å². The van der Waals surface area contributed by atoms with Crippen LogP contribution in [0.3, 0.4) is 0 Å². The molecule has 0 radical (unpaired) electrons. The van der Waals surface area contributed by atoms with Gasteiger partial charge in [-0.05, 0) is 22.6 Å². The molecule has 16 heavy (non-hydrogen) atoms. The first kappa shape index (κ1) is 11.1. The number of nitrogens with one attached hydrogen (secondary N) is 1. The Kier molecular flexibility index (Phi) is 2.95. The highest BCUT2D eigenvalue weighted by molar-refractivity contribution is 14.1. The summed E-state index contributed by atoms with van der Waals surface area (Å²) in [4.78, 5) is 29.2. The lowest BCUT2D eigenvalue weighted by Crippen LogP contribution is -2.12. The Labute approximate surface area is 104 Å². The Morgan fingerprint density at radius 2 is 2.44 bits per heavy atom. The van der Waals surface area contributed by atoms with E-state index in [4.69, 9.17) is 0 Å². The van der Waals surface area contributed by atoms with E-state index in [2.05, 4.69) is 14.7 Å². The van der Waals surface area contributed by atoms with Crippen molar-refractivity contribution >= 4 is 39.6 Å². The average molecular weight is 333 g/mol. The zero-order valence-corrected chi connectivity index (χ0v) is 10.5. The third kappa shape index (κ3) is 1.82. The normalized spacial score (nSPS) is 10.6. The summed E-state index contributed by atoms with van der Waals surface area (Å²) in [6.45, 7) is 0.0481. The van der Waals surface area contributed by atoms with E-state index >= 15 is 0 Å². The molecule has 0 saturated carbocycles. The predicted octanol–water partition coefficient (Wildman–Crippen LogP) is 0.502. The first-order chi connectivity index (χ1) is 7.63. The van der Waals surface area contributed by atoms with Crippen LogP contribution in [0.15, 0.2) is 17.3 Å². The Hall–Kier alpha value is -1.38. The second-order valence-electron chi connectivity index (χ2n) is 3.11. The van der Waals surface area contributed by atoms with Crippen LogP contribution in [0.2, 0.25) is 0 Å². The van der Waals surface area contributed by atoms with Gasteiger partial charge >= 0.3 is 5.97 Å². The molecular formula is C9H8IN3O3. The standard InChI is InChI=1S/C9H8IN3O3/c1-16-6(14)3-13-2-5(10)7-8(13)11-4-12-9(7)15/h2,4H,3H2,1H3,(H,11,12,15). The molecular weight excluding hydrogens is 325 g/mol. The number of carbonyl (C=O) groups excluding carboxylic acids is 1. The fraction of sp³-hybridized carbons (Fsp3) is 0.222. The van der Waals surface area contributed by atoms with E-state index in [9.17, 15) is 9.59 Å². The van der Waals surface area contributed by atoms with Crippen LogP contribution >= 0.6 is 22.6 Å². The van der Waals surface area contributed by atoms with E-state index < -0.39 is 0 Å². The number of ether oxygens (including phenoxy) is 1. The summed E-state index contributed by atoms with van der Waals surface area (Å²) in [5.41, 5.74) is 0.275. The SMILES string of the molecule is COC(=O)Cn1cc(I)c2c(=O)[nH]cnc21. The lowest BCUT2D eigenvalue weighted by atomic mass is 10.4. The van der Waals surface area contributed by atoms with Crippen LogP contribution in [-0.2, 0) is 16.1 Å². The number of rotatable bonds is 2. The number of hydrogen-bond donors (Lipinski definition) is 1. The van der Waals surface area contributed by atoms with E-state index in [0.717, 1.165) is 3.57 Å². The topological polar surface area (TPSA) is 77.0 Å². The minimum Gasteiger partial charge on any atom is -0.468 e. The van der Waals surface area contributed by atoms with Gasteiger partial charge in [0.05, 0.1) is 18.8 Å². The molecule has 2 aromatic rings. The Balaban J connectivity index is 2.60. The average Bonchev–Trinajstić information content (AvgIpc) is 2.57. The molecule has 0 unspecified atom stereocenters. The first-order valence-electron chi connectivity index (χ1n) is 4.42. The van der Waals surface area contributed by atoms with Crippen LogP contribution in [0.25, 0.3) is 11.0 Å². The van der Waals surface area contributed by atoms with E-state index in [-0.39, 0.29) is 18.1 Å². The van der Waals surface area contributed by atoms with Gasteiger partial charge in [-0.15, -0.1) is 0 Å². The van der Waals surface area contributed by atoms with Gasteiger partial charge in [-0.25, -0.2) is 4.98 Å². The maximum absolute atomic E-state index is 11.5. The third-order valence-corrected chi connectivity index (χ3v) is 2.96. The van der Waals surface area contributed by atoms with Gasteiger partial charge in [-0.1, -0.05) is 0 Å². The molecule has 0 spiro atoms. The van der Waals surface area contributed by atoms with Crippen LogP contribution in [-0.4, -0.2) is 27.6 Å².